The highest BCUT2D eigenvalue weighted by atomic mass is 35.5. The third kappa shape index (κ3) is 4.93. The smallest absolute Gasteiger partial charge is 0.325 e. The molecule has 2 aromatic heterocycles. The molecule has 1 aliphatic heterocycles. The first kappa shape index (κ1) is 22.3. The van der Waals surface area contributed by atoms with Gasteiger partial charge in [-0.25, -0.2) is 0 Å². The fourth-order valence-corrected chi connectivity index (χ4v) is 4.50. The molecule has 32 heavy (non-hydrogen) atoms. The Bertz CT molecular complexity index is 1110. The summed E-state index contributed by atoms with van der Waals surface area (Å²) >= 11 is 6.12. The van der Waals surface area contributed by atoms with E-state index in [4.69, 9.17) is 11.6 Å². The second kappa shape index (κ2) is 9.68. The number of carbonyl (C=O) groups is 2. The van der Waals surface area contributed by atoms with E-state index in [-0.39, 0.29) is 6.54 Å². The Morgan fingerprint density at radius 2 is 1.88 bits per heavy atom. The Balaban J connectivity index is 1.52. The van der Waals surface area contributed by atoms with Gasteiger partial charge in [0.15, 0.2) is 0 Å². The number of hydrogen-bond donors (Lipinski definition) is 2. The van der Waals surface area contributed by atoms with Gasteiger partial charge in [0.1, 0.15) is 12.6 Å². The summed E-state index contributed by atoms with van der Waals surface area (Å²) < 4.78 is 1.55. The lowest BCUT2D eigenvalue weighted by Crippen LogP contribution is -2.49. The number of fused-ring (bicyclic) bond motifs is 1. The van der Waals surface area contributed by atoms with Crippen molar-refractivity contribution in [3.8, 4) is 0 Å². The van der Waals surface area contributed by atoms with Gasteiger partial charge in [0, 0.05) is 73.2 Å². The molecular formula is C23H25ClN4O4. The summed E-state index contributed by atoms with van der Waals surface area (Å²) in [7, 11) is 0. The maximum atomic E-state index is 12.3. The fourth-order valence-electron chi connectivity index (χ4n) is 4.34. The molecule has 3 heterocycles. The van der Waals surface area contributed by atoms with E-state index in [0.29, 0.717) is 34.6 Å². The van der Waals surface area contributed by atoms with E-state index in [1.165, 1.54) is 0 Å². The van der Waals surface area contributed by atoms with Crippen molar-refractivity contribution >= 4 is 34.4 Å². The third-order valence-electron chi connectivity index (χ3n) is 5.89. The average molecular weight is 457 g/mol. The monoisotopic (exact) mass is 456 g/mol. The Hall–Kier alpha value is -2.94. The lowest BCUT2D eigenvalue weighted by molar-refractivity contribution is -0.144. The first-order valence-electron chi connectivity index (χ1n) is 10.5. The van der Waals surface area contributed by atoms with Crippen LogP contribution < -0.4 is 0 Å². The Kier molecular flexibility index (Phi) is 6.74. The van der Waals surface area contributed by atoms with Crippen LogP contribution in [0.2, 0.25) is 5.02 Å². The standard InChI is InChI=1S/C23H25ClN4O4/c24-16-4-5-18-19(14-28(15-21(29)30)20(18)13-16)22(23(31)32)27-11-9-26(10-12-27)8-6-17-3-1-2-7-25-17/h1-5,7,13-14,22H,6,8-12,15H2,(H,29,30)(H,31,32)/t22-/m0/s1. The van der Waals surface area contributed by atoms with Crippen molar-refractivity contribution < 1.29 is 19.8 Å². The first-order chi connectivity index (χ1) is 15.4. The number of pyridine rings is 1. The molecule has 1 saturated heterocycles. The third-order valence-corrected chi connectivity index (χ3v) is 6.13. The van der Waals surface area contributed by atoms with Crippen molar-refractivity contribution in [3.05, 3.63) is 65.1 Å². The van der Waals surface area contributed by atoms with Crippen LogP contribution in [0, 0.1) is 0 Å². The minimum atomic E-state index is -0.998. The second-order valence-electron chi connectivity index (χ2n) is 7.96. The number of rotatable bonds is 8. The summed E-state index contributed by atoms with van der Waals surface area (Å²) in [6, 6.07) is 10.2. The fraction of sp³-hybridized carbons (Fsp3) is 0.348. The van der Waals surface area contributed by atoms with Gasteiger partial charge in [-0.15, -0.1) is 0 Å². The number of piperazine rings is 1. The van der Waals surface area contributed by atoms with Crippen LogP contribution >= 0.6 is 11.6 Å². The lowest BCUT2D eigenvalue weighted by Gasteiger charge is -2.37. The highest BCUT2D eigenvalue weighted by Crippen LogP contribution is 2.33. The summed E-state index contributed by atoms with van der Waals surface area (Å²) in [5.74, 6) is -1.95. The largest absolute Gasteiger partial charge is 0.480 e. The summed E-state index contributed by atoms with van der Waals surface area (Å²) in [5.41, 5.74) is 2.26. The SMILES string of the molecule is O=C(O)Cn1cc([C@@H](C(=O)O)N2CCN(CCc3ccccn3)CC2)c2ccc(Cl)cc21. The van der Waals surface area contributed by atoms with E-state index in [2.05, 4.69) is 9.88 Å². The maximum Gasteiger partial charge on any atom is 0.325 e. The van der Waals surface area contributed by atoms with Gasteiger partial charge in [-0.1, -0.05) is 23.7 Å². The minimum absolute atomic E-state index is 0.259. The van der Waals surface area contributed by atoms with E-state index in [1.54, 1.807) is 35.2 Å². The summed E-state index contributed by atoms with van der Waals surface area (Å²) in [4.78, 5) is 32.3. The van der Waals surface area contributed by atoms with Crippen LogP contribution in [0.4, 0.5) is 0 Å². The van der Waals surface area contributed by atoms with E-state index < -0.39 is 18.0 Å². The molecule has 3 aromatic rings. The molecule has 0 radical (unpaired) electrons. The van der Waals surface area contributed by atoms with E-state index in [0.717, 1.165) is 31.7 Å². The molecule has 1 aromatic carbocycles. The topological polar surface area (TPSA) is 98.9 Å². The molecule has 0 amide bonds. The lowest BCUT2D eigenvalue weighted by atomic mass is 10.0. The number of aromatic nitrogens is 2. The normalized spacial score (nSPS) is 16.3. The molecule has 168 valence electrons. The molecule has 0 saturated carbocycles. The number of carboxylic acid groups (broad SMARTS) is 2. The van der Waals surface area contributed by atoms with Crippen molar-refractivity contribution in [1.82, 2.24) is 19.4 Å². The first-order valence-corrected chi connectivity index (χ1v) is 10.9. The molecule has 2 N–H and O–H groups in total. The molecular weight excluding hydrogens is 432 g/mol. The number of halogens is 1. The van der Waals surface area contributed by atoms with Gasteiger partial charge < -0.3 is 19.7 Å². The average Bonchev–Trinajstić information content (AvgIpc) is 3.10. The van der Waals surface area contributed by atoms with Crippen LogP contribution in [0.3, 0.4) is 0 Å². The summed E-state index contributed by atoms with van der Waals surface area (Å²) in [6.07, 6.45) is 4.28. The second-order valence-corrected chi connectivity index (χ2v) is 8.39. The molecule has 1 atom stereocenters. The zero-order valence-electron chi connectivity index (χ0n) is 17.5. The van der Waals surface area contributed by atoms with Gasteiger partial charge in [-0.2, -0.15) is 0 Å². The van der Waals surface area contributed by atoms with Crippen molar-refractivity contribution in [2.24, 2.45) is 0 Å². The molecule has 0 spiro atoms. The van der Waals surface area contributed by atoms with E-state index in [9.17, 15) is 19.8 Å². The molecule has 0 bridgehead atoms. The predicted molar refractivity (Wildman–Crippen MR) is 121 cm³/mol. The van der Waals surface area contributed by atoms with Crippen molar-refractivity contribution in [2.45, 2.75) is 19.0 Å². The van der Waals surface area contributed by atoms with Gasteiger partial charge in [-0.3, -0.25) is 19.5 Å². The Labute approximate surface area is 190 Å². The number of hydrogen-bond acceptors (Lipinski definition) is 5. The highest BCUT2D eigenvalue weighted by molar-refractivity contribution is 6.31. The quantitative estimate of drug-likeness (QED) is 0.537. The molecule has 9 heteroatoms. The van der Waals surface area contributed by atoms with Crippen LogP contribution in [0.1, 0.15) is 17.3 Å². The molecule has 4 rings (SSSR count). The van der Waals surface area contributed by atoms with Crippen molar-refractivity contribution in [2.75, 3.05) is 32.7 Å². The number of carboxylic acids is 2. The van der Waals surface area contributed by atoms with Gasteiger partial charge in [0.2, 0.25) is 0 Å². The maximum absolute atomic E-state index is 12.3. The zero-order chi connectivity index (χ0) is 22.7. The van der Waals surface area contributed by atoms with Crippen LogP contribution in [0.5, 0.6) is 0 Å². The number of nitrogens with zero attached hydrogens (tertiary/aromatic N) is 4. The molecule has 0 unspecified atom stereocenters. The predicted octanol–water partition coefficient (Wildman–Crippen LogP) is 2.76. The van der Waals surface area contributed by atoms with Gasteiger partial charge in [0.25, 0.3) is 0 Å². The molecule has 8 nitrogen and oxygen atoms in total. The van der Waals surface area contributed by atoms with Gasteiger partial charge >= 0.3 is 11.9 Å². The molecule has 1 aliphatic rings. The van der Waals surface area contributed by atoms with Crippen molar-refractivity contribution in [3.63, 3.8) is 0 Å². The van der Waals surface area contributed by atoms with Crippen LogP contribution in [0.15, 0.2) is 48.8 Å². The number of aliphatic carboxylic acids is 2. The number of benzene rings is 1. The molecule has 0 aliphatic carbocycles. The van der Waals surface area contributed by atoms with E-state index >= 15 is 0 Å². The van der Waals surface area contributed by atoms with Crippen LogP contribution in [0.25, 0.3) is 10.9 Å². The summed E-state index contributed by atoms with van der Waals surface area (Å²) in [5, 5.41) is 20.5. The minimum Gasteiger partial charge on any atom is -0.480 e. The molecule has 1 fully saturated rings. The Morgan fingerprint density at radius 1 is 1.09 bits per heavy atom. The van der Waals surface area contributed by atoms with E-state index in [1.807, 2.05) is 23.1 Å². The van der Waals surface area contributed by atoms with Gasteiger partial charge in [0.05, 0.1) is 5.52 Å². The zero-order valence-corrected chi connectivity index (χ0v) is 18.3. The van der Waals surface area contributed by atoms with Crippen LogP contribution in [-0.4, -0.2) is 74.2 Å². The Morgan fingerprint density at radius 3 is 2.53 bits per heavy atom. The summed E-state index contributed by atoms with van der Waals surface area (Å²) in [6.45, 7) is 3.35. The van der Waals surface area contributed by atoms with Crippen molar-refractivity contribution in [1.29, 1.82) is 0 Å². The van der Waals surface area contributed by atoms with Gasteiger partial charge in [-0.05, 0) is 24.3 Å². The van der Waals surface area contributed by atoms with Crippen LogP contribution in [-0.2, 0) is 22.6 Å². The highest BCUT2D eigenvalue weighted by Gasteiger charge is 2.33.